The second-order valence-electron chi connectivity index (χ2n) is 9.97. The molecule has 5 nitrogen and oxygen atoms in total. The van der Waals surface area contributed by atoms with Gasteiger partial charge in [-0.15, -0.1) is 12.4 Å². The van der Waals surface area contributed by atoms with E-state index in [4.69, 9.17) is 0 Å². The minimum Gasteiger partial charge on any atom is -0.336 e. The van der Waals surface area contributed by atoms with Crippen LogP contribution in [0, 0.1) is 0 Å². The first kappa shape index (κ1) is 32.7. The van der Waals surface area contributed by atoms with Crippen LogP contribution < -0.4 is 5.56 Å². The Morgan fingerprint density at radius 3 is 1.83 bits per heavy atom. The van der Waals surface area contributed by atoms with E-state index >= 15 is 0 Å². The van der Waals surface area contributed by atoms with E-state index < -0.39 is 41.5 Å². The van der Waals surface area contributed by atoms with E-state index in [1.54, 1.807) is 68.7 Å². The third kappa shape index (κ3) is 6.96. The molecule has 0 fully saturated rings. The number of fused-ring (bicyclic) bond motifs is 1. The van der Waals surface area contributed by atoms with Crippen LogP contribution in [0.15, 0.2) is 77.6 Å². The summed E-state index contributed by atoms with van der Waals surface area (Å²) < 4.78 is 82.0. The molecular formula is C30H28ClF6N3O2. The van der Waals surface area contributed by atoms with Crippen LogP contribution in [0.5, 0.6) is 0 Å². The number of hydrogen-bond acceptors (Lipinski definition) is 3. The van der Waals surface area contributed by atoms with Gasteiger partial charge >= 0.3 is 12.4 Å². The topological polar surface area (TPSA) is 45.6 Å². The minimum atomic E-state index is -5.02. The Morgan fingerprint density at radius 2 is 1.31 bits per heavy atom. The molecule has 1 amide bonds. The molecule has 0 saturated heterocycles. The standard InChI is InChI=1S/C30H27F6N3O2.ClH/c1-37(2)13-14-39-26(25(20-9-5-4-6-10-20)23-11-7-8-12-24(23)27(39)40)28(41)38(3)18-19-15-21(29(31,32)33)17-22(16-19)30(34,35)36;/h4-12,15-17H,13-14,18H2,1-3H3;1H. The molecule has 0 aliphatic rings. The van der Waals surface area contributed by atoms with Crippen molar-refractivity contribution in [3.8, 4) is 11.1 Å². The monoisotopic (exact) mass is 611 g/mol. The molecule has 0 spiro atoms. The van der Waals surface area contributed by atoms with Crippen LogP contribution in [0.2, 0.25) is 0 Å². The zero-order valence-electron chi connectivity index (χ0n) is 22.9. The zero-order valence-corrected chi connectivity index (χ0v) is 23.7. The van der Waals surface area contributed by atoms with Crippen molar-refractivity contribution in [3.05, 3.63) is 106 Å². The second kappa shape index (κ2) is 12.6. The Hall–Kier alpha value is -3.83. The van der Waals surface area contributed by atoms with Gasteiger partial charge in [0.05, 0.1) is 11.1 Å². The average Bonchev–Trinajstić information content (AvgIpc) is 2.91. The number of halogens is 7. The first-order valence-corrected chi connectivity index (χ1v) is 12.6. The van der Waals surface area contributed by atoms with Gasteiger partial charge in [0.1, 0.15) is 5.69 Å². The molecule has 0 unspecified atom stereocenters. The number of amides is 1. The van der Waals surface area contributed by atoms with E-state index in [0.29, 0.717) is 40.6 Å². The molecule has 0 N–H and O–H groups in total. The number of pyridine rings is 1. The summed E-state index contributed by atoms with van der Waals surface area (Å²) in [7, 11) is 4.87. The van der Waals surface area contributed by atoms with E-state index in [9.17, 15) is 35.9 Å². The second-order valence-corrected chi connectivity index (χ2v) is 9.97. The molecule has 12 heteroatoms. The molecule has 1 heterocycles. The fourth-order valence-corrected chi connectivity index (χ4v) is 4.67. The molecule has 0 bridgehead atoms. The SMILES string of the molecule is CN(C)CCn1c(C(=O)N(C)Cc2cc(C(F)(F)F)cc(C(F)(F)F)c2)c(-c2ccccc2)c2ccccc2c1=O.Cl. The first-order valence-electron chi connectivity index (χ1n) is 12.6. The quantitative estimate of drug-likeness (QED) is 0.212. The highest BCUT2D eigenvalue weighted by molar-refractivity contribution is 6.08. The van der Waals surface area contributed by atoms with Gasteiger partial charge in [0.25, 0.3) is 11.5 Å². The van der Waals surface area contributed by atoms with Crippen molar-refractivity contribution in [3.63, 3.8) is 0 Å². The highest BCUT2D eigenvalue weighted by Crippen LogP contribution is 2.37. The maximum Gasteiger partial charge on any atom is 0.416 e. The van der Waals surface area contributed by atoms with Crippen LogP contribution in [0.4, 0.5) is 26.3 Å². The first-order chi connectivity index (χ1) is 19.2. The van der Waals surface area contributed by atoms with Crippen molar-refractivity contribution in [2.75, 3.05) is 27.7 Å². The molecule has 224 valence electrons. The Morgan fingerprint density at radius 1 is 0.786 bits per heavy atom. The smallest absolute Gasteiger partial charge is 0.336 e. The summed E-state index contributed by atoms with van der Waals surface area (Å²) in [6.45, 7) is -0.0546. The number of hydrogen-bond donors (Lipinski definition) is 0. The number of likely N-dealkylation sites (N-methyl/N-ethyl adjacent to an activating group) is 1. The molecule has 1 aromatic heterocycles. The lowest BCUT2D eigenvalue weighted by Gasteiger charge is -2.25. The van der Waals surface area contributed by atoms with Gasteiger partial charge in [-0.05, 0) is 54.9 Å². The van der Waals surface area contributed by atoms with E-state index in [1.165, 1.54) is 11.6 Å². The Kier molecular flexibility index (Phi) is 9.79. The molecule has 42 heavy (non-hydrogen) atoms. The summed E-state index contributed by atoms with van der Waals surface area (Å²) in [5.41, 5.74) is -2.67. The number of carbonyl (C=O) groups excluding carboxylic acids is 1. The zero-order chi connectivity index (χ0) is 30.1. The average molecular weight is 612 g/mol. The number of rotatable bonds is 7. The third-order valence-corrected chi connectivity index (χ3v) is 6.63. The van der Waals surface area contributed by atoms with Crippen molar-refractivity contribution in [1.29, 1.82) is 0 Å². The van der Waals surface area contributed by atoms with Crippen LogP contribution in [-0.4, -0.2) is 48.0 Å². The van der Waals surface area contributed by atoms with Gasteiger partial charge in [-0.25, -0.2) is 0 Å². The van der Waals surface area contributed by atoms with Gasteiger partial charge in [0, 0.05) is 37.6 Å². The van der Waals surface area contributed by atoms with Crippen LogP contribution in [0.1, 0.15) is 27.2 Å². The summed E-state index contributed by atoms with van der Waals surface area (Å²) in [5, 5.41) is 0.872. The third-order valence-electron chi connectivity index (χ3n) is 6.63. The Bertz CT molecular complexity index is 1600. The normalized spacial score (nSPS) is 12.0. The van der Waals surface area contributed by atoms with Gasteiger partial charge in [-0.1, -0.05) is 48.5 Å². The van der Waals surface area contributed by atoms with E-state index in [1.807, 2.05) is 4.90 Å². The summed E-state index contributed by atoms with van der Waals surface area (Å²) in [6, 6.07) is 16.8. The largest absolute Gasteiger partial charge is 0.416 e. The lowest BCUT2D eigenvalue weighted by Crippen LogP contribution is -2.36. The fourth-order valence-electron chi connectivity index (χ4n) is 4.67. The Labute approximate surface area is 244 Å². The van der Waals surface area contributed by atoms with E-state index in [2.05, 4.69) is 0 Å². The number of nitrogens with zero attached hydrogens (tertiary/aromatic N) is 3. The number of alkyl halides is 6. The van der Waals surface area contributed by atoms with Crippen molar-refractivity contribution >= 4 is 29.1 Å². The van der Waals surface area contributed by atoms with Crippen molar-refractivity contribution in [2.24, 2.45) is 0 Å². The summed E-state index contributed by atoms with van der Waals surface area (Å²) in [6.07, 6.45) is -10.0. The molecule has 0 aliphatic carbocycles. The molecule has 3 aromatic carbocycles. The van der Waals surface area contributed by atoms with Crippen LogP contribution in [0.3, 0.4) is 0 Å². The summed E-state index contributed by atoms with van der Waals surface area (Å²) in [5.74, 6) is -0.726. The van der Waals surface area contributed by atoms with Gasteiger partial charge in [-0.2, -0.15) is 26.3 Å². The van der Waals surface area contributed by atoms with Crippen molar-refractivity contribution in [1.82, 2.24) is 14.4 Å². The molecule has 0 radical (unpaired) electrons. The van der Waals surface area contributed by atoms with Crippen LogP contribution in [0.25, 0.3) is 21.9 Å². The number of benzene rings is 3. The molecule has 0 saturated carbocycles. The highest BCUT2D eigenvalue weighted by atomic mass is 35.5. The van der Waals surface area contributed by atoms with Gasteiger partial charge < -0.3 is 14.4 Å². The fraction of sp³-hybridized carbons (Fsp3) is 0.267. The van der Waals surface area contributed by atoms with E-state index in [0.717, 1.165) is 4.90 Å². The summed E-state index contributed by atoms with van der Waals surface area (Å²) in [4.78, 5) is 30.6. The Balaban J connectivity index is 0.00000484. The number of carbonyl (C=O) groups is 1. The van der Waals surface area contributed by atoms with Crippen LogP contribution >= 0.6 is 12.4 Å². The highest BCUT2D eigenvalue weighted by Gasteiger charge is 2.37. The molecule has 0 aliphatic heterocycles. The van der Waals surface area contributed by atoms with Gasteiger partial charge in [-0.3, -0.25) is 9.59 Å². The lowest BCUT2D eigenvalue weighted by molar-refractivity contribution is -0.143. The maximum atomic E-state index is 14.1. The predicted octanol–water partition coefficient (Wildman–Crippen LogP) is 6.96. The van der Waals surface area contributed by atoms with Crippen LogP contribution in [-0.2, 0) is 25.4 Å². The molecular weight excluding hydrogens is 584 g/mol. The maximum absolute atomic E-state index is 14.1. The minimum absolute atomic E-state index is 0. The van der Waals surface area contributed by atoms with Crippen molar-refractivity contribution < 1.29 is 31.1 Å². The molecule has 4 aromatic rings. The summed E-state index contributed by atoms with van der Waals surface area (Å²) >= 11 is 0. The van der Waals surface area contributed by atoms with Gasteiger partial charge in [0.2, 0.25) is 0 Å². The number of aromatic nitrogens is 1. The van der Waals surface area contributed by atoms with E-state index in [-0.39, 0.29) is 36.3 Å². The van der Waals surface area contributed by atoms with Gasteiger partial charge in [0.15, 0.2) is 0 Å². The van der Waals surface area contributed by atoms with Crippen molar-refractivity contribution in [2.45, 2.75) is 25.4 Å². The predicted molar refractivity (Wildman–Crippen MR) is 152 cm³/mol. The molecule has 4 rings (SSSR count). The molecule has 0 atom stereocenters. The lowest BCUT2D eigenvalue weighted by atomic mass is 9.96.